The average Bonchev–Trinajstić information content (AvgIpc) is 3.15. The number of benzene rings is 1. The van der Waals surface area contributed by atoms with E-state index in [9.17, 15) is 4.79 Å². The van der Waals surface area contributed by atoms with Gasteiger partial charge in [0.1, 0.15) is 11.1 Å². The highest BCUT2D eigenvalue weighted by atomic mass is 32.1. The van der Waals surface area contributed by atoms with Gasteiger partial charge in [0.2, 0.25) is 5.91 Å². The van der Waals surface area contributed by atoms with Crippen molar-refractivity contribution in [2.75, 3.05) is 19.7 Å². The van der Waals surface area contributed by atoms with Crippen LogP contribution < -0.4 is 0 Å². The predicted octanol–water partition coefficient (Wildman–Crippen LogP) is 3.80. The van der Waals surface area contributed by atoms with Gasteiger partial charge in [-0.2, -0.15) is 0 Å². The molecule has 1 saturated heterocycles. The van der Waals surface area contributed by atoms with Crippen molar-refractivity contribution >= 4 is 17.2 Å². The molecule has 2 aromatic rings. The molecule has 5 heteroatoms. The van der Waals surface area contributed by atoms with E-state index in [-0.39, 0.29) is 17.4 Å². The Bertz CT molecular complexity index is 655. The largest absolute Gasteiger partial charge is 0.367 e. The van der Waals surface area contributed by atoms with E-state index in [2.05, 4.69) is 43.1 Å². The molecule has 0 N–H and O–H groups in total. The quantitative estimate of drug-likeness (QED) is 0.828. The zero-order valence-electron chi connectivity index (χ0n) is 14.3. The number of ether oxygens (including phenoxy) is 1. The van der Waals surface area contributed by atoms with Crippen LogP contribution in [0.2, 0.25) is 0 Å². The second-order valence-electron chi connectivity index (χ2n) is 6.82. The van der Waals surface area contributed by atoms with Gasteiger partial charge in [-0.25, -0.2) is 4.98 Å². The summed E-state index contributed by atoms with van der Waals surface area (Å²) in [6, 6.07) is 10.4. The molecule has 0 bridgehead atoms. The zero-order valence-corrected chi connectivity index (χ0v) is 15.1. The molecule has 4 nitrogen and oxygen atoms in total. The Balaban J connectivity index is 1.57. The second kappa shape index (κ2) is 7.45. The second-order valence-corrected chi connectivity index (χ2v) is 7.75. The molecule has 0 saturated carbocycles. The number of rotatable bonds is 5. The van der Waals surface area contributed by atoms with Crippen molar-refractivity contribution in [2.45, 2.75) is 38.2 Å². The number of morpholine rings is 1. The van der Waals surface area contributed by atoms with Crippen LogP contribution in [0.4, 0.5) is 0 Å². The number of amides is 1. The first-order valence-corrected chi connectivity index (χ1v) is 9.28. The Morgan fingerprint density at radius 1 is 1.38 bits per heavy atom. The fourth-order valence-electron chi connectivity index (χ4n) is 3.03. The van der Waals surface area contributed by atoms with E-state index in [4.69, 9.17) is 4.74 Å². The minimum atomic E-state index is -0.0789. The van der Waals surface area contributed by atoms with E-state index >= 15 is 0 Å². The van der Waals surface area contributed by atoms with Gasteiger partial charge < -0.3 is 9.64 Å². The lowest BCUT2D eigenvalue weighted by Crippen LogP contribution is -2.42. The van der Waals surface area contributed by atoms with Gasteiger partial charge in [-0.1, -0.05) is 44.2 Å². The summed E-state index contributed by atoms with van der Waals surface area (Å²) in [4.78, 5) is 18.9. The maximum absolute atomic E-state index is 12.6. The topological polar surface area (TPSA) is 42.4 Å². The van der Waals surface area contributed by atoms with Crippen molar-refractivity contribution in [3.05, 3.63) is 52.5 Å². The Hall–Kier alpha value is -1.72. The summed E-state index contributed by atoms with van der Waals surface area (Å²) < 4.78 is 5.77. The van der Waals surface area contributed by atoms with Gasteiger partial charge in [-0.05, 0) is 17.4 Å². The summed E-state index contributed by atoms with van der Waals surface area (Å²) in [6.45, 7) is 6.27. The molecule has 128 valence electrons. The van der Waals surface area contributed by atoms with Crippen LogP contribution in [0.5, 0.6) is 0 Å². The first kappa shape index (κ1) is 17.1. The van der Waals surface area contributed by atoms with Crippen molar-refractivity contribution in [3.63, 3.8) is 0 Å². The number of thiazole rings is 1. The molecular weight excluding hydrogens is 320 g/mol. The third-order valence-electron chi connectivity index (χ3n) is 4.67. The lowest BCUT2D eigenvalue weighted by Gasteiger charge is -2.33. The van der Waals surface area contributed by atoms with Crippen LogP contribution >= 0.6 is 11.3 Å². The van der Waals surface area contributed by atoms with E-state index in [1.54, 1.807) is 17.5 Å². The van der Waals surface area contributed by atoms with Crippen LogP contribution in [0.25, 0.3) is 0 Å². The summed E-state index contributed by atoms with van der Waals surface area (Å²) in [5.41, 5.74) is 1.28. The van der Waals surface area contributed by atoms with Gasteiger partial charge >= 0.3 is 0 Å². The number of carbonyl (C=O) groups is 1. The molecule has 0 radical (unpaired) electrons. The molecule has 1 aliphatic rings. The number of nitrogens with zero attached hydrogens (tertiary/aromatic N) is 2. The Labute approximate surface area is 147 Å². The van der Waals surface area contributed by atoms with E-state index in [0.717, 1.165) is 11.4 Å². The van der Waals surface area contributed by atoms with E-state index in [1.165, 1.54) is 5.56 Å². The number of aromatic nitrogens is 1. The average molecular weight is 344 g/mol. The van der Waals surface area contributed by atoms with Crippen LogP contribution in [-0.2, 0) is 14.9 Å². The summed E-state index contributed by atoms with van der Waals surface area (Å²) >= 11 is 1.58. The molecule has 24 heavy (non-hydrogen) atoms. The lowest BCUT2D eigenvalue weighted by molar-refractivity contribution is -0.139. The molecule has 0 spiro atoms. The van der Waals surface area contributed by atoms with Crippen LogP contribution in [-0.4, -0.2) is 35.5 Å². The summed E-state index contributed by atoms with van der Waals surface area (Å²) in [7, 11) is 0. The van der Waals surface area contributed by atoms with Crippen molar-refractivity contribution in [3.8, 4) is 0 Å². The Morgan fingerprint density at radius 2 is 2.17 bits per heavy atom. The maximum Gasteiger partial charge on any atom is 0.222 e. The molecule has 3 rings (SSSR count). The standard InChI is InChI=1S/C19H24N2O2S/c1-19(2,15-6-4-3-5-7-15)9-8-17(22)21-11-12-23-16(14-21)18-20-10-13-24-18/h3-7,10,13,16H,8-9,11-12,14H2,1-2H3/t16-/m1/s1. The van der Waals surface area contributed by atoms with Crippen molar-refractivity contribution in [2.24, 2.45) is 0 Å². The van der Waals surface area contributed by atoms with Gasteiger partial charge in [-0.3, -0.25) is 4.79 Å². The van der Waals surface area contributed by atoms with Gasteiger partial charge in [0.15, 0.2) is 0 Å². The molecule has 1 amide bonds. The fraction of sp³-hybridized carbons (Fsp3) is 0.474. The van der Waals surface area contributed by atoms with E-state index in [1.807, 2.05) is 16.3 Å². The Morgan fingerprint density at radius 3 is 2.88 bits per heavy atom. The van der Waals surface area contributed by atoms with Gasteiger partial charge in [-0.15, -0.1) is 11.3 Å². The number of hydrogen-bond donors (Lipinski definition) is 0. The summed E-state index contributed by atoms with van der Waals surface area (Å²) in [6.07, 6.45) is 3.11. The smallest absolute Gasteiger partial charge is 0.222 e. The highest BCUT2D eigenvalue weighted by Crippen LogP contribution is 2.29. The SMILES string of the molecule is CC(C)(CCC(=O)N1CCO[C@@H](c2nccs2)C1)c1ccccc1. The van der Waals surface area contributed by atoms with E-state index in [0.29, 0.717) is 26.1 Å². The van der Waals surface area contributed by atoms with Crippen molar-refractivity contribution in [1.82, 2.24) is 9.88 Å². The molecule has 2 heterocycles. The molecule has 0 unspecified atom stereocenters. The van der Waals surface area contributed by atoms with Crippen molar-refractivity contribution < 1.29 is 9.53 Å². The minimum absolute atomic E-state index is 0.00207. The molecule has 1 fully saturated rings. The maximum atomic E-state index is 12.6. The first-order chi connectivity index (χ1) is 11.6. The van der Waals surface area contributed by atoms with Gasteiger partial charge in [0.25, 0.3) is 0 Å². The highest BCUT2D eigenvalue weighted by Gasteiger charge is 2.28. The molecule has 1 atom stereocenters. The number of carbonyl (C=O) groups excluding carboxylic acids is 1. The Kier molecular flexibility index (Phi) is 5.31. The highest BCUT2D eigenvalue weighted by molar-refractivity contribution is 7.09. The van der Waals surface area contributed by atoms with Crippen LogP contribution in [0.1, 0.15) is 43.4 Å². The minimum Gasteiger partial charge on any atom is -0.367 e. The normalized spacial score (nSPS) is 18.6. The summed E-state index contributed by atoms with van der Waals surface area (Å²) in [5, 5.41) is 2.90. The molecular formula is C19H24N2O2S. The predicted molar refractivity (Wildman–Crippen MR) is 96.1 cm³/mol. The lowest BCUT2D eigenvalue weighted by atomic mass is 9.80. The van der Waals surface area contributed by atoms with Crippen LogP contribution in [0.15, 0.2) is 41.9 Å². The molecule has 1 aromatic carbocycles. The number of hydrogen-bond acceptors (Lipinski definition) is 4. The third-order valence-corrected chi connectivity index (χ3v) is 5.53. The monoisotopic (exact) mass is 344 g/mol. The zero-order chi connectivity index (χ0) is 17.0. The molecule has 1 aliphatic heterocycles. The van der Waals surface area contributed by atoms with E-state index < -0.39 is 0 Å². The fourth-order valence-corrected chi connectivity index (χ4v) is 3.71. The first-order valence-electron chi connectivity index (χ1n) is 8.40. The third kappa shape index (κ3) is 4.02. The van der Waals surface area contributed by atoms with Crippen LogP contribution in [0.3, 0.4) is 0 Å². The molecule has 0 aliphatic carbocycles. The van der Waals surface area contributed by atoms with Crippen LogP contribution in [0, 0.1) is 0 Å². The molecule has 1 aromatic heterocycles. The van der Waals surface area contributed by atoms with Gasteiger partial charge in [0, 0.05) is 24.5 Å². The van der Waals surface area contributed by atoms with Gasteiger partial charge in [0.05, 0.1) is 13.2 Å². The van der Waals surface area contributed by atoms with Crippen molar-refractivity contribution in [1.29, 1.82) is 0 Å². The summed E-state index contributed by atoms with van der Waals surface area (Å²) in [5.74, 6) is 0.212.